The van der Waals surface area contributed by atoms with E-state index in [0.717, 1.165) is 25.5 Å². The fourth-order valence-corrected chi connectivity index (χ4v) is 3.98. The van der Waals surface area contributed by atoms with Crippen LogP contribution in [0, 0.1) is 0 Å². The monoisotopic (exact) mass is 406 g/mol. The molecule has 158 valence electrons. The normalized spacial score (nSPS) is 19.6. The van der Waals surface area contributed by atoms with E-state index in [1.165, 1.54) is 30.5 Å². The maximum atomic E-state index is 12.9. The molecule has 7 heteroatoms. The smallest absolute Gasteiger partial charge is 0.351 e. The SMILES string of the molecule is CCCCCCc1c(C2(C)C=C(c3cc(C(F)(F)F)[nH]n3)N=CC2)ccn1CC. The van der Waals surface area contributed by atoms with E-state index in [1.54, 1.807) is 6.21 Å². The van der Waals surface area contributed by atoms with Crippen molar-refractivity contribution in [2.24, 2.45) is 4.99 Å². The van der Waals surface area contributed by atoms with Gasteiger partial charge >= 0.3 is 6.18 Å². The van der Waals surface area contributed by atoms with Gasteiger partial charge in [-0.3, -0.25) is 10.1 Å². The van der Waals surface area contributed by atoms with E-state index in [0.29, 0.717) is 12.1 Å². The number of nitrogens with one attached hydrogen (secondary N) is 1. The van der Waals surface area contributed by atoms with Crippen LogP contribution in [0.5, 0.6) is 0 Å². The Morgan fingerprint density at radius 1 is 1.21 bits per heavy atom. The standard InChI is InChI=1S/C22H29F3N4/c1-4-6-7-8-9-19-16(10-13-29(19)5-2)21(3)11-12-26-18(15-21)17-14-20(28-27-17)22(23,24)25/h10,12-15H,4-9,11H2,1-3H3,(H,27,28). The lowest BCUT2D eigenvalue weighted by Gasteiger charge is -2.29. The van der Waals surface area contributed by atoms with Gasteiger partial charge in [-0.15, -0.1) is 0 Å². The van der Waals surface area contributed by atoms with Gasteiger partial charge in [-0.1, -0.05) is 33.1 Å². The van der Waals surface area contributed by atoms with Crippen LogP contribution in [-0.4, -0.2) is 21.0 Å². The predicted molar refractivity (Wildman–Crippen MR) is 110 cm³/mol. The molecule has 0 saturated heterocycles. The van der Waals surface area contributed by atoms with Crippen molar-refractivity contribution in [3.05, 3.63) is 47.1 Å². The van der Waals surface area contributed by atoms with Crippen LogP contribution in [0.1, 0.15) is 75.5 Å². The molecule has 1 unspecified atom stereocenters. The average Bonchev–Trinajstić information content (AvgIpc) is 3.32. The van der Waals surface area contributed by atoms with Crippen LogP contribution in [0.2, 0.25) is 0 Å². The molecule has 0 aromatic carbocycles. The second kappa shape index (κ2) is 8.59. The number of unbranched alkanes of at least 4 members (excludes halogenated alkanes) is 3. The minimum Gasteiger partial charge on any atom is -0.351 e. The summed E-state index contributed by atoms with van der Waals surface area (Å²) in [7, 11) is 0. The highest BCUT2D eigenvalue weighted by atomic mass is 19.4. The summed E-state index contributed by atoms with van der Waals surface area (Å²) in [5, 5.41) is 5.93. The first-order valence-corrected chi connectivity index (χ1v) is 10.4. The first-order valence-electron chi connectivity index (χ1n) is 10.4. The van der Waals surface area contributed by atoms with Crippen molar-refractivity contribution >= 4 is 11.9 Å². The number of halogens is 3. The van der Waals surface area contributed by atoms with E-state index in [9.17, 15) is 13.2 Å². The summed E-state index contributed by atoms with van der Waals surface area (Å²) in [6, 6.07) is 3.18. The third-order valence-corrected chi connectivity index (χ3v) is 5.65. The first-order chi connectivity index (χ1) is 13.8. The van der Waals surface area contributed by atoms with Crippen LogP contribution in [0.15, 0.2) is 29.4 Å². The zero-order valence-electron chi connectivity index (χ0n) is 17.3. The van der Waals surface area contributed by atoms with Crippen LogP contribution in [-0.2, 0) is 24.6 Å². The van der Waals surface area contributed by atoms with Crippen LogP contribution in [0.25, 0.3) is 5.70 Å². The number of allylic oxidation sites excluding steroid dienone is 1. The van der Waals surface area contributed by atoms with Crippen molar-refractivity contribution in [1.82, 2.24) is 14.8 Å². The Balaban J connectivity index is 1.91. The quantitative estimate of drug-likeness (QED) is 0.525. The largest absolute Gasteiger partial charge is 0.432 e. The fraction of sp³-hybridized carbons (Fsp3) is 0.545. The molecular weight excluding hydrogens is 377 g/mol. The number of nitrogens with zero attached hydrogens (tertiary/aromatic N) is 3. The van der Waals surface area contributed by atoms with Gasteiger partial charge < -0.3 is 4.57 Å². The molecule has 2 aromatic heterocycles. The molecule has 0 spiro atoms. The molecule has 0 amide bonds. The first kappa shape index (κ1) is 21.4. The summed E-state index contributed by atoms with van der Waals surface area (Å²) >= 11 is 0. The molecule has 1 N–H and O–H groups in total. The Hall–Kier alpha value is -2.31. The molecule has 0 aliphatic carbocycles. The van der Waals surface area contributed by atoms with Crippen LogP contribution in [0.4, 0.5) is 13.2 Å². The molecule has 1 aliphatic heterocycles. The second-order valence-corrected chi connectivity index (χ2v) is 7.90. The minimum atomic E-state index is -4.45. The summed E-state index contributed by atoms with van der Waals surface area (Å²) in [5.41, 5.74) is 2.06. The Morgan fingerprint density at radius 2 is 2.00 bits per heavy atom. The number of H-pyrrole nitrogens is 1. The molecule has 1 atom stereocenters. The maximum absolute atomic E-state index is 12.9. The number of aromatic amines is 1. The highest BCUT2D eigenvalue weighted by Gasteiger charge is 2.35. The molecule has 0 fully saturated rings. The third-order valence-electron chi connectivity index (χ3n) is 5.65. The Kier molecular flexibility index (Phi) is 6.34. The number of aromatic nitrogens is 3. The zero-order valence-corrected chi connectivity index (χ0v) is 17.3. The molecule has 1 aliphatic rings. The molecule has 0 bridgehead atoms. The van der Waals surface area contributed by atoms with E-state index in [1.807, 2.05) is 6.08 Å². The van der Waals surface area contributed by atoms with Crippen molar-refractivity contribution in [1.29, 1.82) is 0 Å². The number of rotatable bonds is 8. The number of aliphatic imine (C=N–C) groups is 1. The van der Waals surface area contributed by atoms with Gasteiger partial charge in [-0.25, -0.2) is 0 Å². The van der Waals surface area contributed by atoms with Crippen molar-refractivity contribution in [2.45, 2.75) is 77.4 Å². The van der Waals surface area contributed by atoms with Crippen molar-refractivity contribution in [3.63, 3.8) is 0 Å². The van der Waals surface area contributed by atoms with Crippen LogP contribution < -0.4 is 0 Å². The van der Waals surface area contributed by atoms with Gasteiger partial charge in [-0.2, -0.15) is 18.3 Å². The Labute approximate surface area is 169 Å². The highest BCUT2D eigenvalue weighted by Crippen LogP contribution is 2.38. The van der Waals surface area contributed by atoms with Gasteiger partial charge in [0.1, 0.15) is 11.4 Å². The number of hydrogen-bond acceptors (Lipinski definition) is 2. The van der Waals surface area contributed by atoms with Crippen LogP contribution >= 0.6 is 0 Å². The summed E-state index contributed by atoms with van der Waals surface area (Å²) in [5.74, 6) is 0. The highest BCUT2D eigenvalue weighted by molar-refractivity contribution is 5.78. The molecule has 0 radical (unpaired) electrons. The van der Waals surface area contributed by atoms with Gasteiger partial charge in [0.05, 0.1) is 5.70 Å². The Bertz CT molecular complexity index is 888. The molecule has 2 aromatic rings. The number of aryl methyl sites for hydroxylation is 1. The molecule has 4 nitrogen and oxygen atoms in total. The van der Waals surface area contributed by atoms with Gasteiger partial charge in [-0.05, 0) is 50.0 Å². The second-order valence-electron chi connectivity index (χ2n) is 7.90. The van der Waals surface area contributed by atoms with Gasteiger partial charge in [0.25, 0.3) is 0 Å². The van der Waals surface area contributed by atoms with Crippen molar-refractivity contribution in [3.8, 4) is 0 Å². The summed E-state index contributed by atoms with van der Waals surface area (Å²) < 4.78 is 41.0. The summed E-state index contributed by atoms with van der Waals surface area (Å²) in [6.07, 6.45) is 7.92. The topological polar surface area (TPSA) is 46.0 Å². The van der Waals surface area contributed by atoms with E-state index >= 15 is 0 Å². The predicted octanol–water partition coefficient (Wildman–Crippen LogP) is 6.15. The van der Waals surface area contributed by atoms with Gasteiger partial charge in [0, 0.05) is 30.1 Å². The van der Waals surface area contributed by atoms with E-state index in [2.05, 4.69) is 52.8 Å². The fourth-order valence-electron chi connectivity index (χ4n) is 3.98. The molecule has 3 rings (SSSR count). The van der Waals surface area contributed by atoms with Crippen molar-refractivity contribution < 1.29 is 13.2 Å². The lowest BCUT2D eigenvalue weighted by molar-refractivity contribution is -0.141. The van der Waals surface area contributed by atoms with Crippen molar-refractivity contribution in [2.75, 3.05) is 0 Å². The summed E-state index contributed by atoms with van der Waals surface area (Å²) in [6.45, 7) is 7.36. The zero-order chi connectivity index (χ0) is 21.1. The minimum absolute atomic E-state index is 0.221. The summed E-state index contributed by atoms with van der Waals surface area (Å²) in [4.78, 5) is 4.34. The Morgan fingerprint density at radius 3 is 2.66 bits per heavy atom. The van der Waals surface area contributed by atoms with E-state index in [-0.39, 0.29) is 11.1 Å². The average molecular weight is 406 g/mol. The molecule has 3 heterocycles. The molecule has 29 heavy (non-hydrogen) atoms. The number of alkyl halides is 3. The van der Waals surface area contributed by atoms with E-state index in [4.69, 9.17) is 0 Å². The third kappa shape index (κ3) is 4.65. The molecular formula is C22H29F3N4. The maximum Gasteiger partial charge on any atom is 0.432 e. The van der Waals surface area contributed by atoms with E-state index < -0.39 is 11.9 Å². The lowest BCUT2D eigenvalue weighted by Crippen LogP contribution is -2.24. The van der Waals surface area contributed by atoms with Gasteiger partial charge in [0.2, 0.25) is 0 Å². The van der Waals surface area contributed by atoms with Gasteiger partial charge in [0.15, 0.2) is 0 Å². The lowest BCUT2D eigenvalue weighted by atomic mass is 9.77. The number of hydrogen-bond donors (Lipinski definition) is 1. The van der Waals surface area contributed by atoms with Crippen LogP contribution in [0.3, 0.4) is 0 Å². The molecule has 0 saturated carbocycles.